The molecule has 17 heavy (non-hydrogen) atoms. The van der Waals surface area contributed by atoms with Crippen molar-refractivity contribution in [1.29, 1.82) is 0 Å². The number of likely N-dealkylation sites (N-methyl/N-ethyl adjacent to an activating group) is 1. The Morgan fingerprint density at radius 1 is 1.53 bits per heavy atom. The van der Waals surface area contributed by atoms with Gasteiger partial charge in [-0.1, -0.05) is 6.07 Å². The molecule has 0 aliphatic carbocycles. The molecule has 2 rings (SSSR count). The summed E-state index contributed by atoms with van der Waals surface area (Å²) >= 11 is 3.63. The van der Waals surface area contributed by atoms with E-state index in [0.29, 0.717) is 6.04 Å². The van der Waals surface area contributed by atoms with E-state index in [1.807, 2.05) is 6.92 Å². The second-order valence-electron chi connectivity index (χ2n) is 4.63. The molecule has 1 fully saturated rings. The molecule has 0 radical (unpaired) electrons. The maximum atomic E-state index is 5.88. The predicted molar refractivity (Wildman–Crippen MR) is 74.4 cm³/mol. The molecule has 1 aliphatic heterocycles. The summed E-state index contributed by atoms with van der Waals surface area (Å²) < 4.78 is 6.52. The molecule has 94 valence electrons. The van der Waals surface area contributed by atoms with Crippen LogP contribution < -0.4 is 10.6 Å². The number of hydrogen-bond acceptors (Lipinski definition) is 3. The molecule has 2 N–H and O–H groups in total. The lowest BCUT2D eigenvalue weighted by Gasteiger charge is -2.27. The van der Waals surface area contributed by atoms with Gasteiger partial charge in [0.1, 0.15) is 0 Å². The fourth-order valence-corrected chi connectivity index (χ4v) is 2.79. The highest BCUT2D eigenvalue weighted by molar-refractivity contribution is 9.10. The molecule has 4 heteroatoms. The average Bonchev–Trinajstić information content (AvgIpc) is 2.81. The predicted octanol–water partition coefficient (Wildman–Crippen LogP) is 2.69. The maximum Gasteiger partial charge on any atom is 0.0670 e. The summed E-state index contributed by atoms with van der Waals surface area (Å²) in [6.45, 7) is 3.68. The summed E-state index contributed by atoms with van der Waals surface area (Å²) in [5, 5.41) is 0. The second kappa shape index (κ2) is 5.38. The van der Waals surface area contributed by atoms with E-state index in [1.54, 1.807) is 0 Å². The summed E-state index contributed by atoms with van der Waals surface area (Å²) in [6.07, 6.45) is 1.10. The van der Waals surface area contributed by atoms with Crippen LogP contribution in [0.1, 0.15) is 24.9 Å². The topological polar surface area (TPSA) is 38.5 Å². The van der Waals surface area contributed by atoms with Gasteiger partial charge in [0.2, 0.25) is 0 Å². The van der Waals surface area contributed by atoms with Crippen LogP contribution >= 0.6 is 15.9 Å². The smallest absolute Gasteiger partial charge is 0.0670 e. The van der Waals surface area contributed by atoms with Gasteiger partial charge in [0, 0.05) is 24.2 Å². The number of halogens is 1. The zero-order valence-corrected chi connectivity index (χ0v) is 11.9. The van der Waals surface area contributed by atoms with Crippen LogP contribution in [0.5, 0.6) is 0 Å². The highest BCUT2D eigenvalue weighted by atomic mass is 79.9. The highest BCUT2D eigenvalue weighted by Gasteiger charge is 2.22. The van der Waals surface area contributed by atoms with E-state index in [0.717, 1.165) is 29.7 Å². The molecule has 2 atom stereocenters. The minimum atomic E-state index is 0.0699. The Labute approximate surface area is 111 Å². The lowest BCUT2D eigenvalue weighted by molar-refractivity contribution is 0.193. The van der Waals surface area contributed by atoms with Gasteiger partial charge in [-0.2, -0.15) is 0 Å². The summed E-state index contributed by atoms with van der Waals surface area (Å²) in [4.78, 5) is 2.28. The SMILES string of the molecule is CC(N)c1ccc(N(C)C2CCOC2)c(Br)c1. The van der Waals surface area contributed by atoms with Crippen molar-refractivity contribution in [1.82, 2.24) is 0 Å². The first-order valence-electron chi connectivity index (χ1n) is 5.95. The fraction of sp³-hybridized carbons (Fsp3) is 0.538. The van der Waals surface area contributed by atoms with Crippen molar-refractivity contribution in [3.05, 3.63) is 28.2 Å². The van der Waals surface area contributed by atoms with E-state index in [1.165, 1.54) is 5.69 Å². The van der Waals surface area contributed by atoms with Crippen LogP contribution in [0.15, 0.2) is 22.7 Å². The van der Waals surface area contributed by atoms with Crippen molar-refractivity contribution < 1.29 is 4.74 Å². The first-order chi connectivity index (χ1) is 8.09. The van der Waals surface area contributed by atoms with Crippen LogP contribution in [0.4, 0.5) is 5.69 Å². The van der Waals surface area contributed by atoms with Gasteiger partial charge in [-0.25, -0.2) is 0 Å². The molecular weight excluding hydrogens is 280 g/mol. The minimum Gasteiger partial charge on any atom is -0.379 e. The second-order valence-corrected chi connectivity index (χ2v) is 5.48. The van der Waals surface area contributed by atoms with Crippen LogP contribution in [0.3, 0.4) is 0 Å². The zero-order chi connectivity index (χ0) is 12.4. The number of hydrogen-bond donors (Lipinski definition) is 1. The number of nitrogens with zero attached hydrogens (tertiary/aromatic N) is 1. The number of anilines is 1. The molecule has 1 aliphatic rings. The van der Waals surface area contributed by atoms with E-state index in [9.17, 15) is 0 Å². The van der Waals surface area contributed by atoms with E-state index in [2.05, 4.69) is 46.1 Å². The van der Waals surface area contributed by atoms with Crippen LogP contribution in [0.2, 0.25) is 0 Å². The van der Waals surface area contributed by atoms with Crippen molar-refractivity contribution in [3.63, 3.8) is 0 Å². The van der Waals surface area contributed by atoms with Gasteiger partial charge in [0.05, 0.1) is 18.3 Å². The lowest BCUT2D eigenvalue weighted by Crippen LogP contribution is -2.32. The van der Waals surface area contributed by atoms with Gasteiger partial charge in [-0.15, -0.1) is 0 Å². The molecule has 0 saturated carbocycles. The molecule has 1 saturated heterocycles. The number of nitrogens with two attached hydrogens (primary N) is 1. The molecular formula is C13H19BrN2O. The van der Waals surface area contributed by atoms with Gasteiger partial charge in [0.25, 0.3) is 0 Å². The Morgan fingerprint density at radius 3 is 2.82 bits per heavy atom. The van der Waals surface area contributed by atoms with Crippen LogP contribution in [-0.4, -0.2) is 26.3 Å². The Kier molecular flexibility index (Phi) is 4.07. The summed E-state index contributed by atoms with van der Waals surface area (Å²) in [7, 11) is 2.12. The number of benzene rings is 1. The average molecular weight is 299 g/mol. The molecule has 0 aromatic heterocycles. The quantitative estimate of drug-likeness (QED) is 0.932. The van der Waals surface area contributed by atoms with Crippen molar-refractivity contribution in [2.75, 3.05) is 25.2 Å². The Balaban J connectivity index is 2.20. The third-order valence-electron chi connectivity index (χ3n) is 3.33. The largest absolute Gasteiger partial charge is 0.379 e. The standard InChI is InChI=1S/C13H19BrN2O/c1-9(15)10-3-4-13(12(14)7-10)16(2)11-5-6-17-8-11/h3-4,7,9,11H,5-6,8,15H2,1-2H3. The van der Waals surface area contributed by atoms with Crippen molar-refractivity contribution in [3.8, 4) is 0 Å². The summed E-state index contributed by atoms with van der Waals surface area (Å²) in [5.74, 6) is 0. The summed E-state index contributed by atoms with van der Waals surface area (Å²) in [6, 6.07) is 6.87. The molecule has 0 spiro atoms. The van der Waals surface area contributed by atoms with Crippen LogP contribution in [0.25, 0.3) is 0 Å². The third kappa shape index (κ3) is 2.81. The molecule has 1 heterocycles. The van der Waals surface area contributed by atoms with Gasteiger partial charge in [-0.05, 0) is 47.0 Å². The Bertz CT molecular complexity index is 389. The molecule has 0 amide bonds. The molecule has 1 aromatic carbocycles. The number of rotatable bonds is 3. The lowest BCUT2D eigenvalue weighted by atomic mass is 10.1. The Morgan fingerprint density at radius 2 is 2.29 bits per heavy atom. The van der Waals surface area contributed by atoms with Gasteiger partial charge in [0.15, 0.2) is 0 Å². The van der Waals surface area contributed by atoms with Gasteiger partial charge < -0.3 is 15.4 Å². The van der Waals surface area contributed by atoms with Gasteiger partial charge in [-0.3, -0.25) is 0 Å². The first-order valence-corrected chi connectivity index (χ1v) is 6.74. The first kappa shape index (κ1) is 12.9. The van der Waals surface area contributed by atoms with E-state index in [4.69, 9.17) is 10.5 Å². The monoisotopic (exact) mass is 298 g/mol. The van der Waals surface area contributed by atoms with E-state index < -0.39 is 0 Å². The molecule has 3 nitrogen and oxygen atoms in total. The van der Waals surface area contributed by atoms with Crippen LogP contribution in [0, 0.1) is 0 Å². The zero-order valence-electron chi connectivity index (χ0n) is 10.3. The normalized spacial score (nSPS) is 21.5. The van der Waals surface area contributed by atoms with Crippen molar-refractivity contribution in [2.24, 2.45) is 5.73 Å². The fourth-order valence-electron chi connectivity index (χ4n) is 2.12. The van der Waals surface area contributed by atoms with Crippen molar-refractivity contribution >= 4 is 21.6 Å². The van der Waals surface area contributed by atoms with E-state index in [-0.39, 0.29) is 6.04 Å². The van der Waals surface area contributed by atoms with Crippen LogP contribution in [-0.2, 0) is 4.74 Å². The number of ether oxygens (including phenoxy) is 1. The van der Waals surface area contributed by atoms with Crippen molar-refractivity contribution in [2.45, 2.75) is 25.4 Å². The molecule has 2 unspecified atom stereocenters. The molecule has 0 bridgehead atoms. The molecule has 1 aromatic rings. The van der Waals surface area contributed by atoms with E-state index >= 15 is 0 Å². The highest BCUT2D eigenvalue weighted by Crippen LogP contribution is 2.30. The maximum absolute atomic E-state index is 5.88. The summed E-state index contributed by atoms with van der Waals surface area (Å²) in [5.41, 5.74) is 8.23. The minimum absolute atomic E-state index is 0.0699. The van der Waals surface area contributed by atoms with Gasteiger partial charge >= 0.3 is 0 Å². The Hall–Kier alpha value is -0.580. The third-order valence-corrected chi connectivity index (χ3v) is 3.97.